The van der Waals surface area contributed by atoms with E-state index in [0.717, 1.165) is 25.7 Å². The van der Waals surface area contributed by atoms with Crippen molar-refractivity contribution in [2.45, 2.75) is 80.1 Å². The van der Waals surface area contributed by atoms with Crippen molar-refractivity contribution >= 4 is 11.6 Å². The second-order valence-electron chi connectivity index (χ2n) is 3.80. The Balaban J connectivity index is -0.000000172. The van der Waals surface area contributed by atoms with Gasteiger partial charge in [0.05, 0.1) is 0 Å². The van der Waals surface area contributed by atoms with Crippen molar-refractivity contribution in [1.82, 2.24) is 0 Å². The summed E-state index contributed by atoms with van der Waals surface area (Å²) in [5, 5.41) is 0. The van der Waals surface area contributed by atoms with Crippen LogP contribution < -0.4 is 0 Å². The van der Waals surface area contributed by atoms with E-state index < -0.39 is 0 Å². The van der Waals surface area contributed by atoms with Gasteiger partial charge < -0.3 is 4.79 Å². The summed E-state index contributed by atoms with van der Waals surface area (Å²) in [6.07, 6.45) is 5.42. The zero-order chi connectivity index (χ0) is 13.4. The van der Waals surface area contributed by atoms with Gasteiger partial charge in [-0.1, -0.05) is 41.0 Å². The molecule has 0 aliphatic rings. The first-order valence-corrected chi connectivity index (χ1v) is 6.50. The van der Waals surface area contributed by atoms with Gasteiger partial charge in [-0.2, -0.15) is 0 Å². The maximum Gasteiger partial charge on any atom is 0.132 e. The Hall–Kier alpha value is -0.660. The molecule has 0 fully saturated rings. The van der Waals surface area contributed by atoms with Crippen molar-refractivity contribution in [2.24, 2.45) is 0 Å². The third kappa shape index (κ3) is 37.7. The predicted molar refractivity (Wildman–Crippen MR) is 71.8 cm³/mol. The molecule has 0 saturated heterocycles. The third-order valence-corrected chi connectivity index (χ3v) is 1.53. The Morgan fingerprint density at radius 3 is 1.25 bits per heavy atom. The van der Waals surface area contributed by atoms with Crippen LogP contribution in [0.25, 0.3) is 0 Å². The summed E-state index contributed by atoms with van der Waals surface area (Å²) >= 11 is 0. The number of ketones is 2. The zero-order valence-corrected chi connectivity index (χ0v) is 12.1. The lowest BCUT2D eigenvalue weighted by Gasteiger charge is -1.87. The van der Waals surface area contributed by atoms with Gasteiger partial charge in [0.15, 0.2) is 0 Å². The van der Waals surface area contributed by atoms with Gasteiger partial charge in [0.25, 0.3) is 0 Å². The maximum absolute atomic E-state index is 10.4. The smallest absolute Gasteiger partial charge is 0.132 e. The van der Waals surface area contributed by atoms with Crippen LogP contribution in [0.3, 0.4) is 0 Å². The summed E-state index contributed by atoms with van der Waals surface area (Å²) in [6.45, 7) is 11.8. The van der Waals surface area contributed by atoms with Crippen molar-refractivity contribution in [1.29, 1.82) is 0 Å². The van der Waals surface area contributed by atoms with E-state index in [1.165, 1.54) is 6.42 Å². The molecule has 98 valence electrons. The minimum atomic E-state index is 0.289. The summed E-state index contributed by atoms with van der Waals surface area (Å²) < 4.78 is 0. The number of Topliss-reactive ketones (excluding diaryl/α,β-unsaturated/α-hetero) is 2. The topological polar surface area (TPSA) is 34.1 Å². The molecule has 0 unspecified atom stereocenters. The Morgan fingerprint density at radius 2 is 1.19 bits per heavy atom. The molecule has 0 bridgehead atoms. The highest BCUT2D eigenvalue weighted by atomic mass is 16.1. The van der Waals surface area contributed by atoms with E-state index in [-0.39, 0.29) is 5.78 Å². The molecule has 0 saturated carbocycles. The highest BCUT2D eigenvalue weighted by Crippen LogP contribution is 1.90. The molecule has 0 amide bonds. The number of rotatable bonds is 5. The predicted octanol–water partition coefficient (Wildman–Crippen LogP) is 4.56. The van der Waals surface area contributed by atoms with Crippen molar-refractivity contribution < 1.29 is 9.59 Å². The number of carbonyl (C=O) groups excluding carboxylic acids is 2. The molecular weight excluding hydrogens is 200 g/mol. The second-order valence-corrected chi connectivity index (χ2v) is 3.80. The van der Waals surface area contributed by atoms with Crippen molar-refractivity contribution in [3.63, 3.8) is 0 Å². The van der Waals surface area contributed by atoms with Crippen LogP contribution in [-0.4, -0.2) is 11.6 Å². The molecule has 0 N–H and O–H groups in total. The molecule has 0 aromatic heterocycles. The highest BCUT2D eigenvalue weighted by molar-refractivity contribution is 5.77. The maximum atomic E-state index is 10.4. The van der Waals surface area contributed by atoms with E-state index in [2.05, 4.69) is 13.8 Å². The first kappa shape index (κ1) is 20.7. The van der Waals surface area contributed by atoms with Crippen LogP contribution in [-0.2, 0) is 9.59 Å². The standard InChI is InChI=1S/C6H12O.C5H10O.C3H8/c1-3-5-6(7)4-2;1-3-4-5(2)6;1-3-2/h3-5H2,1-2H3;3-4H2,1-2H3;3H2,1-2H3. The Bertz CT molecular complexity index is 151. The van der Waals surface area contributed by atoms with Crippen LogP contribution in [0.15, 0.2) is 0 Å². The number of hydrogen-bond acceptors (Lipinski definition) is 2. The summed E-state index contributed by atoms with van der Waals surface area (Å²) in [6, 6.07) is 0. The quantitative estimate of drug-likeness (QED) is 0.694. The molecule has 0 spiro atoms. The van der Waals surface area contributed by atoms with Gasteiger partial charge in [-0.3, -0.25) is 4.79 Å². The zero-order valence-electron chi connectivity index (χ0n) is 12.1. The van der Waals surface area contributed by atoms with E-state index in [9.17, 15) is 9.59 Å². The highest BCUT2D eigenvalue weighted by Gasteiger charge is 1.91. The molecule has 0 aliphatic carbocycles. The fourth-order valence-corrected chi connectivity index (χ4v) is 0.808. The second kappa shape index (κ2) is 19.8. The molecule has 0 aliphatic heterocycles. The van der Waals surface area contributed by atoms with Crippen LogP contribution in [0.2, 0.25) is 0 Å². The van der Waals surface area contributed by atoms with Gasteiger partial charge in [-0.05, 0) is 19.8 Å². The fraction of sp³-hybridized carbons (Fsp3) is 0.857. The first-order valence-electron chi connectivity index (χ1n) is 6.50. The molecule has 16 heavy (non-hydrogen) atoms. The summed E-state index contributed by atoms with van der Waals surface area (Å²) in [7, 11) is 0. The lowest BCUT2D eigenvalue weighted by molar-refractivity contribution is -0.119. The molecule has 0 radical (unpaired) electrons. The first-order chi connectivity index (χ1) is 7.49. The lowest BCUT2D eigenvalue weighted by atomic mass is 10.2. The Morgan fingerprint density at radius 1 is 0.812 bits per heavy atom. The van der Waals surface area contributed by atoms with E-state index in [0.29, 0.717) is 12.2 Å². The van der Waals surface area contributed by atoms with Gasteiger partial charge in [-0.15, -0.1) is 0 Å². The van der Waals surface area contributed by atoms with E-state index in [1.54, 1.807) is 6.92 Å². The van der Waals surface area contributed by atoms with E-state index in [1.807, 2.05) is 20.8 Å². The third-order valence-electron chi connectivity index (χ3n) is 1.53. The normalized spacial score (nSPS) is 8.12. The molecule has 0 atom stereocenters. The van der Waals surface area contributed by atoms with E-state index in [4.69, 9.17) is 0 Å². The molecular formula is C14H30O2. The van der Waals surface area contributed by atoms with Crippen molar-refractivity contribution in [3.05, 3.63) is 0 Å². The number of carbonyl (C=O) groups is 2. The van der Waals surface area contributed by atoms with Crippen LogP contribution in [0.5, 0.6) is 0 Å². The van der Waals surface area contributed by atoms with Gasteiger partial charge >= 0.3 is 0 Å². The average Bonchev–Trinajstić information content (AvgIpc) is 2.20. The molecule has 0 aromatic carbocycles. The van der Waals surface area contributed by atoms with Gasteiger partial charge in [0.1, 0.15) is 11.6 Å². The summed E-state index contributed by atoms with van der Waals surface area (Å²) in [5.41, 5.74) is 0. The molecule has 0 heterocycles. The van der Waals surface area contributed by atoms with Crippen LogP contribution in [0, 0.1) is 0 Å². The van der Waals surface area contributed by atoms with Crippen molar-refractivity contribution in [3.8, 4) is 0 Å². The molecule has 0 rings (SSSR count). The largest absolute Gasteiger partial charge is 0.300 e. The van der Waals surface area contributed by atoms with E-state index >= 15 is 0 Å². The molecule has 2 heteroatoms. The number of hydrogen-bond donors (Lipinski definition) is 0. The molecule has 0 aromatic rings. The minimum absolute atomic E-state index is 0.289. The Kier molecular flexibility index (Phi) is 25.7. The monoisotopic (exact) mass is 230 g/mol. The minimum Gasteiger partial charge on any atom is -0.300 e. The summed E-state index contributed by atoms with van der Waals surface area (Å²) in [4.78, 5) is 20.5. The van der Waals surface area contributed by atoms with Crippen molar-refractivity contribution in [2.75, 3.05) is 0 Å². The SMILES string of the molecule is CCC.CCCC(=O)CC.CCCC(C)=O. The molecule has 2 nitrogen and oxygen atoms in total. The van der Waals surface area contributed by atoms with Gasteiger partial charge in [-0.25, -0.2) is 0 Å². The van der Waals surface area contributed by atoms with Crippen LogP contribution in [0.4, 0.5) is 0 Å². The lowest BCUT2D eigenvalue weighted by Crippen LogP contribution is -1.91. The average molecular weight is 230 g/mol. The van der Waals surface area contributed by atoms with Gasteiger partial charge in [0.2, 0.25) is 0 Å². The summed E-state index contributed by atoms with van der Waals surface area (Å²) in [5.74, 6) is 0.667. The van der Waals surface area contributed by atoms with Crippen LogP contribution >= 0.6 is 0 Å². The van der Waals surface area contributed by atoms with Gasteiger partial charge in [0, 0.05) is 19.3 Å². The Labute approximate surface area is 102 Å². The van der Waals surface area contributed by atoms with Crippen LogP contribution in [0.1, 0.15) is 80.1 Å². The fourth-order valence-electron chi connectivity index (χ4n) is 0.808.